The fraction of sp³-hybridized carbons (Fsp3) is 0.105. The normalized spacial score (nSPS) is 11.0. The summed E-state index contributed by atoms with van der Waals surface area (Å²) >= 11 is 7.46. The van der Waals surface area contributed by atoms with Gasteiger partial charge in [-0.25, -0.2) is 4.98 Å². The lowest BCUT2D eigenvalue weighted by atomic mass is 10.2. The highest BCUT2D eigenvalue weighted by atomic mass is 35.5. The van der Waals surface area contributed by atoms with Crippen molar-refractivity contribution >= 4 is 23.4 Å². The molecule has 2 aromatic heterocycles. The SMILES string of the molecule is Cc1ccc(-n2ccnc2SCc2nc(-c3ccc(Cl)cc3)no2)cc1. The molecule has 0 N–H and O–H groups in total. The Morgan fingerprint density at radius 3 is 2.62 bits per heavy atom. The highest BCUT2D eigenvalue weighted by molar-refractivity contribution is 7.98. The molecule has 0 saturated heterocycles. The van der Waals surface area contributed by atoms with Gasteiger partial charge in [0.05, 0.1) is 5.75 Å². The molecule has 0 bridgehead atoms. The van der Waals surface area contributed by atoms with Crippen LogP contribution >= 0.6 is 23.4 Å². The molecule has 0 aliphatic carbocycles. The zero-order chi connectivity index (χ0) is 17.9. The average Bonchev–Trinajstić information content (AvgIpc) is 3.30. The highest BCUT2D eigenvalue weighted by Gasteiger charge is 2.12. The van der Waals surface area contributed by atoms with Gasteiger partial charge in [-0.3, -0.25) is 4.57 Å². The van der Waals surface area contributed by atoms with Gasteiger partial charge in [0.1, 0.15) is 0 Å². The molecule has 26 heavy (non-hydrogen) atoms. The van der Waals surface area contributed by atoms with E-state index in [2.05, 4.69) is 46.3 Å². The van der Waals surface area contributed by atoms with E-state index in [1.54, 1.807) is 30.1 Å². The zero-order valence-electron chi connectivity index (χ0n) is 14.0. The second-order valence-electron chi connectivity index (χ2n) is 5.72. The van der Waals surface area contributed by atoms with Crippen LogP contribution in [0.25, 0.3) is 17.1 Å². The van der Waals surface area contributed by atoms with Gasteiger partial charge in [0, 0.05) is 28.7 Å². The van der Waals surface area contributed by atoms with E-state index in [9.17, 15) is 0 Å². The molecular formula is C19H15ClN4OS. The highest BCUT2D eigenvalue weighted by Crippen LogP contribution is 2.25. The molecule has 0 atom stereocenters. The Balaban J connectivity index is 1.48. The third-order valence-electron chi connectivity index (χ3n) is 3.81. The first-order valence-corrected chi connectivity index (χ1v) is 9.37. The van der Waals surface area contributed by atoms with E-state index in [-0.39, 0.29) is 0 Å². The van der Waals surface area contributed by atoms with Gasteiger partial charge in [-0.2, -0.15) is 4.98 Å². The predicted molar refractivity (Wildman–Crippen MR) is 103 cm³/mol. The maximum atomic E-state index is 5.91. The van der Waals surface area contributed by atoms with Crippen LogP contribution in [0.4, 0.5) is 0 Å². The number of thioether (sulfide) groups is 1. The molecule has 0 fully saturated rings. The molecule has 0 amide bonds. The van der Waals surface area contributed by atoms with E-state index < -0.39 is 0 Å². The van der Waals surface area contributed by atoms with E-state index in [1.807, 2.05) is 22.9 Å². The van der Waals surface area contributed by atoms with Crippen molar-refractivity contribution in [2.24, 2.45) is 0 Å². The van der Waals surface area contributed by atoms with E-state index in [4.69, 9.17) is 16.1 Å². The molecule has 2 aromatic carbocycles. The van der Waals surface area contributed by atoms with Crippen molar-refractivity contribution in [1.29, 1.82) is 0 Å². The number of benzene rings is 2. The Hall–Kier alpha value is -2.57. The molecule has 0 radical (unpaired) electrons. The molecule has 0 aliphatic heterocycles. The lowest BCUT2D eigenvalue weighted by Crippen LogP contribution is -1.95. The molecule has 5 nitrogen and oxygen atoms in total. The lowest BCUT2D eigenvalue weighted by Gasteiger charge is -2.06. The van der Waals surface area contributed by atoms with Crippen molar-refractivity contribution in [2.45, 2.75) is 17.8 Å². The van der Waals surface area contributed by atoms with Gasteiger partial charge >= 0.3 is 0 Å². The molecule has 0 spiro atoms. The van der Waals surface area contributed by atoms with E-state index >= 15 is 0 Å². The maximum Gasteiger partial charge on any atom is 0.237 e. The number of halogens is 1. The summed E-state index contributed by atoms with van der Waals surface area (Å²) in [5, 5.41) is 5.59. The number of nitrogens with zero attached hydrogens (tertiary/aromatic N) is 4. The van der Waals surface area contributed by atoms with Crippen molar-refractivity contribution in [3.63, 3.8) is 0 Å². The van der Waals surface area contributed by atoms with Crippen LogP contribution in [0.2, 0.25) is 5.02 Å². The third kappa shape index (κ3) is 3.66. The summed E-state index contributed by atoms with van der Waals surface area (Å²) in [7, 11) is 0. The number of hydrogen-bond acceptors (Lipinski definition) is 5. The largest absolute Gasteiger partial charge is 0.338 e. The van der Waals surface area contributed by atoms with Crippen LogP contribution < -0.4 is 0 Å². The summed E-state index contributed by atoms with van der Waals surface area (Å²) in [6, 6.07) is 15.7. The molecule has 0 unspecified atom stereocenters. The summed E-state index contributed by atoms with van der Waals surface area (Å²) in [5.41, 5.74) is 3.17. The van der Waals surface area contributed by atoms with Crippen molar-refractivity contribution in [3.05, 3.63) is 77.4 Å². The van der Waals surface area contributed by atoms with Crippen molar-refractivity contribution in [1.82, 2.24) is 19.7 Å². The van der Waals surface area contributed by atoms with Crippen molar-refractivity contribution in [3.8, 4) is 17.1 Å². The summed E-state index contributed by atoms with van der Waals surface area (Å²) in [4.78, 5) is 8.87. The van der Waals surface area contributed by atoms with Gasteiger partial charge in [0.25, 0.3) is 0 Å². The minimum Gasteiger partial charge on any atom is -0.338 e. The predicted octanol–water partition coefficient (Wildman–Crippen LogP) is 5.18. The van der Waals surface area contributed by atoms with Crippen LogP contribution in [-0.4, -0.2) is 19.7 Å². The molecule has 4 rings (SSSR count). The minimum atomic E-state index is 0.545. The fourth-order valence-corrected chi connectivity index (χ4v) is 3.39. The quantitative estimate of drug-likeness (QED) is 0.445. The van der Waals surface area contributed by atoms with Crippen LogP contribution in [0, 0.1) is 6.92 Å². The summed E-state index contributed by atoms with van der Waals surface area (Å²) in [6.07, 6.45) is 3.73. The third-order valence-corrected chi connectivity index (χ3v) is 5.02. The van der Waals surface area contributed by atoms with Gasteiger partial charge in [-0.1, -0.05) is 46.2 Å². The van der Waals surface area contributed by atoms with Gasteiger partial charge in [-0.05, 0) is 43.3 Å². The summed E-state index contributed by atoms with van der Waals surface area (Å²) in [5.74, 6) is 1.65. The molecule has 0 saturated carbocycles. The summed E-state index contributed by atoms with van der Waals surface area (Å²) < 4.78 is 7.40. The molecule has 4 aromatic rings. The maximum absolute atomic E-state index is 5.91. The number of aromatic nitrogens is 4. The Morgan fingerprint density at radius 2 is 1.85 bits per heavy atom. The van der Waals surface area contributed by atoms with E-state index in [0.717, 1.165) is 16.4 Å². The first-order chi connectivity index (χ1) is 12.7. The summed E-state index contributed by atoms with van der Waals surface area (Å²) in [6.45, 7) is 2.07. The van der Waals surface area contributed by atoms with Gasteiger partial charge in [0.15, 0.2) is 5.16 Å². The first kappa shape index (κ1) is 16.9. The van der Waals surface area contributed by atoms with Gasteiger partial charge in [-0.15, -0.1) is 0 Å². The van der Waals surface area contributed by atoms with E-state index in [1.165, 1.54) is 5.56 Å². The van der Waals surface area contributed by atoms with Crippen LogP contribution in [0.3, 0.4) is 0 Å². The smallest absolute Gasteiger partial charge is 0.237 e. The van der Waals surface area contributed by atoms with Crippen LogP contribution in [0.1, 0.15) is 11.5 Å². The first-order valence-electron chi connectivity index (χ1n) is 8.01. The monoisotopic (exact) mass is 382 g/mol. The molecular weight excluding hydrogens is 368 g/mol. The van der Waals surface area contributed by atoms with Crippen molar-refractivity contribution < 1.29 is 4.52 Å². The molecule has 7 heteroatoms. The second kappa shape index (κ2) is 7.35. The van der Waals surface area contributed by atoms with E-state index in [0.29, 0.717) is 22.5 Å². The topological polar surface area (TPSA) is 56.7 Å². The fourth-order valence-electron chi connectivity index (χ4n) is 2.45. The molecule has 2 heterocycles. The molecule has 130 valence electrons. The second-order valence-corrected chi connectivity index (χ2v) is 7.10. The number of hydrogen-bond donors (Lipinski definition) is 0. The lowest BCUT2D eigenvalue weighted by molar-refractivity contribution is 0.391. The van der Waals surface area contributed by atoms with Gasteiger partial charge in [0.2, 0.25) is 11.7 Å². The van der Waals surface area contributed by atoms with Crippen molar-refractivity contribution in [2.75, 3.05) is 0 Å². The van der Waals surface area contributed by atoms with Crippen LogP contribution in [0.5, 0.6) is 0 Å². The van der Waals surface area contributed by atoms with Crippen LogP contribution in [-0.2, 0) is 5.75 Å². The molecule has 0 aliphatic rings. The number of rotatable bonds is 5. The van der Waals surface area contributed by atoms with Gasteiger partial charge < -0.3 is 4.52 Å². The minimum absolute atomic E-state index is 0.545. The standard InChI is InChI=1S/C19H15ClN4OS/c1-13-2-8-16(9-3-13)24-11-10-21-19(24)26-12-17-22-18(23-25-17)14-4-6-15(20)7-5-14/h2-11H,12H2,1H3. The Kier molecular flexibility index (Phi) is 4.77. The Morgan fingerprint density at radius 1 is 1.08 bits per heavy atom. The Labute approximate surface area is 160 Å². The van der Waals surface area contributed by atoms with Crippen LogP contribution in [0.15, 0.2) is 70.6 Å². The Bertz CT molecular complexity index is 1010. The average molecular weight is 383 g/mol. The number of aryl methyl sites for hydroxylation is 1. The number of imidazole rings is 1. The zero-order valence-corrected chi connectivity index (χ0v) is 15.5.